The Bertz CT molecular complexity index is 627. The van der Waals surface area contributed by atoms with Crippen molar-refractivity contribution in [2.75, 3.05) is 13.2 Å². The van der Waals surface area contributed by atoms with Gasteiger partial charge in [-0.3, -0.25) is 0 Å². The molecule has 0 atom stereocenters. The average molecular weight is 389 g/mol. The quantitative estimate of drug-likeness (QED) is 0.560. The first kappa shape index (κ1) is 19.3. The molecule has 2 heterocycles. The van der Waals surface area contributed by atoms with Crippen LogP contribution in [0.25, 0.3) is 0 Å². The molecular formula is C16H19BrF2N2O2. The van der Waals surface area contributed by atoms with Gasteiger partial charge in [-0.05, 0) is 45.0 Å². The molecule has 0 radical (unpaired) electrons. The molecule has 2 rings (SSSR count). The summed E-state index contributed by atoms with van der Waals surface area (Å²) in [6.07, 6.45) is 0. The zero-order valence-corrected chi connectivity index (χ0v) is 14.9. The second-order valence-corrected chi connectivity index (χ2v) is 4.89. The first-order valence-corrected chi connectivity index (χ1v) is 8.24. The zero-order chi connectivity index (χ0) is 17.2. The highest BCUT2D eigenvalue weighted by molar-refractivity contribution is 9.08. The standard InChI is InChI=1S/C8H9BrFNO.C8H10FNO/c1-2-12-7-4-3-6(5-9)11-8(7)10;1-3-11-7-5-4-6(2)10-8(7)9/h3-4H,2,5H2,1H3;4-5H,3H2,1-2H3. The summed E-state index contributed by atoms with van der Waals surface area (Å²) in [6.45, 7) is 6.25. The minimum atomic E-state index is -0.547. The SMILES string of the molecule is CCOc1ccc(C)nc1F.CCOc1ccc(CBr)nc1F. The van der Waals surface area contributed by atoms with Crippen molar-refractivity contribution in [3.8, 4) is 11.5 Å². The fraction of sp³-hybridized carbons (Fsp3) is 0.375. The van der Waals surface area contributed by atoms with E-state index in [0.29, 0.717) is 29.9 Å². The molecule has 0 amide bonds. The molecule has 0 aliphatic carbocycles. The molecule has 4 nitrogen and oxygen atoms in total. The van der Waals surface area contributed by atoms with Gasteiger partial charge in [0, 0.05) is 11.0 Å². The van der Waals surface area contributed by atoms with Gasteiger partial charge in [0.15, 0.2) is 11.5 Å². The average Bonchev–Trinajstić information content (AvgIpc) is 2.53. The van der Waals surface area contributed by atoms with E-state index < -0.39 is 11.9 Å². The maximum atomic E-state index is 13.0. The van der Waals surface area contributed by atoms with Crippen LogP contribution in [0.3, 0.4) is 0 Å². The van der Waals surface area contributed by atoms with Crippen molar-refractivity contribution in [3.05, 3.63) is 47.5 Å². The van der Waals surface area contributed by atoms with E-state index >= 15 is 0 Å². The number of ether oxygens (including phenoxy) is 2. The van der Waals surface area contributed by atoms with Crippen molar-refractivity contribution in [2.24, 2.45) is 0 Å². The maximum absolute atomic E-state index is 13.0. The van der Waals surface area contributed by atoms with E-state index in [0.717, 1.165) is 0 Å². The number of hydrogen-bond acceptors (Lipinski definition) is 4. The third kappa shape index (κ3) is 6.48. The molecule has 7 heteroatoms. The lowest BCUT2D eigenvalue weighted by Crippen LogP contribution is -1.98. The van der Waals surface area contributed by atoms with Crippen LogP contribution in [-0.2, 0) is 5.33 Å². The van der Waals surface area contributed by atoms with Crippen molar-refractivity contribution >= 4 is 15.9 Å². The predicted octanol–water partition coefficient (Wildman–Crippen LogP) is 4.44. The number of hydrogen-bond donors (Lipinski definition) is 0. The van der Waals surface area contributed by atoms with Gasteiger partial charge in [0.2, 0.25) is 0 Å². The summed E-state index contributed by atoms with van der Waals surface area (Å²) in [4.78, 5) is 7.27. The number of aromatic nitrogens is 2. The first-order valence-electron chi connectivity index (χ1n) is 7.11. The van der Waals surface area contributed by atoms with Gasteiger partial charge in [-0.2, -0.15) is 8.78 Å². The van der Waals surface area contributed by atoms with Crippen LogP contribution in [0.4, 0.5) is 8.78 Å². The topological polar surface area (TPSA) is 44.2 Å². The van der Waals surface area contributed by atoms with Crippen LogP contribution in [0.15, 0.2) is 24.3 Å². The Morgan fingerprint density at radius 3 is 1.87 bits per heavy atom. The molecule has 0 saturated carbocycles. The summed E-state index contributed by atoms with van der Waals surface area (Å²) in [5.74, 6) is -0.652. The van der Waals surface area contributed by atoms with Crippen LogP contribution in [0.1, 0.15) is 25.2 Å². The summed E-state index contributed by atoms with van der Waals surface area (Å²) < 4.78 is 35.7. The number of nitrogens with zero attached hydrogens (tertiary/aromatic N) is 2. The smallest absolute Gasteiger partial charge is 0.255 e. The van der Waals surface area contributed by atoms with Gasteiger partial charge in [-0.1, -0.05) is 15.9 Å². The van der Waals surface area contributed by atoms with Crippen molar-refractivity contribution < 1.29 is 18.3 Å². The summed E-state index contributed by atoms with van der Waals surface area (Å²) in [6, 6.07) is 6.61. The fourth-order valence-electron chi connectivity index (χ4n) is 1.57. The lowest BCUT2D eigenvalue weighted by Gasteiger charge is -2.03. The number of rotatable bonds is 5. The van der Waals surface area contributed by atoms with Gasteiger partial charge in [0.1, 0.15) is 0 Å². The Labute approximate surface area is 143 Å². The van der Waals surface area contributed by atoms with Crippen LogP contribution < -0.4 is 9.47 Å². The summed E-state index contributed by atoms with van der Waals surface area (Å²) in [7, 11) is 0. The van der Waals surface area contributed by atoms with Gasteiger partial charge >= 0.3 is 0 Å². The molecule has 0 saturated heterocycles. The molecular weight excluding hydrogens is 370 g/mol. The minimum Gasteiger partial charge on any atom is -0.489 e. The largest absolute Gasteiger partial charge is 0.489 e. The van der Waals surface area contributed by atoms with Gasteiger partial charge in [0.05, 0.1) is 18.9 Å². The molecule has 0 aliphatic heterocycles. The van der Waals surface area contributed by atoms with E-state index in [9.17, 15) is 8.78 Å². The Morgan fingerprint density at radius 1 is 0.913 bits per heavy atom. The molecule has 0 spiro atoms. The second kappa shape index (κ2) is 10.1. The van der Waals surface area contributed by atoms with Crippen LogP contribution in [-0.4, -0.2) is 23.2 Å². The molecule has 23 heavy (non-hydrogen) atoms. The monoisotopic (exact) mass is 388 g/mol. The Hall–Kier alpha value is -1.76. The number of pyridine rings is 2. The van der Waals surface area contributed by atoms with E-state index in [1.807, 2.05) is 0 Å². The lowest BCUT2D eigenvalue weighted by atomic mass is 10.4. The van der Waals surface area contributed by atoms with Gasteiger partial charge in [-0.25, -0.2) is 9.97 Å². The Morgan fingerprint density at radius 2 is 1.43 bits per heavy atom. The molecule has 0 bridgehead atoms. The van der Waals surface area contributed by atoms with Gasteiger partial charge < -0.3 is 9.47 Å². The summed E-state index contributed by atoms with van der Waals surface area (Å²) in [5.41, 5.74) is 1.32. The third-order valence-electron chi connectivity index (χ3n) is 2.56. The molecule has 0 N–H and O–H groups in total. The van der Waals surface area contributed by atoms with E-state index in [2.05, 4.69) is 25.9 Å². The fourth-order valence-corrected chi connectivity index (χ4v) is 1.88. The second-order valence-electron chi connectivity index (χ2n) is 4.33. The van der Waals surface area contributed by atoms with Crippen LogP contribution in [0, 0.1) is 18.8 Å². The van der Waals surface area contributed by atoms with Gasteiger partial charge in [0.25, 0.3) is 11.9 Å². The molecule has 0 aromatic carbocycles. The number of halogens is 3. The highest BCUT2D eigenvalue weighted by Gasteiger charge is 2.04. The predicted molar refractivity (Wildman–Crippen MR) is 88.1 cm³/mol. The van der Waals surface area contributed by atoms with Crippen LogP contribution in [0.2, 0.25) is 0 Å². The Kier molecular flexibility index (Phi) is 8.47. The molecule has 0 aliphatic rings. The van der Waals surface area contributed by atoms with Gasteiger partial charge in [-0.15, -0.1) is 0 Å². The van der Waals surface area contributed by atoms with Crippen molar-refractivity contribution in [1.82, 2.24) is 9.97 Å². The van der Waals surface area contributed by atoms with Crippen molar-refractivity contribution in [3.63, 3.8) is 0 Å². The lowest BCUT2D eigenvalue weighted by molar-refractivity contribution is 0.315. The van der Waals surface area contributed by atoms with E-state index in [1.54, 1.807) is 45.0 Å². The van der Waals surface area contributed by atoms with Crippen molar-refractivity contribution in [1.29, 1.82) is 0 Å². The van der Waals surface area contributed by atoms with Crippen LogP contribution in [0.5, 0.6) is 11.5 Å². The Balaban J connectivity index is 0.000000231. The number of aryl methyl sites for hydroxylation is 1. The highest BCUT2D eigenvalue weighted by atomic mass is 79.9. The zero-order valence-electron chi connectivity index (χ0n) is 13.3. The van der Waals surface area contributed by atoms with E-state index in [-0.39, 0.29) is 11.5 Å². The van der Waals surface area contributed by atoms with Crippen LogP contribution >= 0.6 is 15.9 Å². The normalized spacial score (nSPS) is 9.83. The van der Waals surface area contributed by atoms with E-state index in [1.165, 1.54) is 0 Å². The molecule has 0 unspecified atom stereocenters. The maximum Gasteiger partial charge on any atom is 0.255 e. The highest BCUT2D eigenvalue weighted by Crippen LogP contribution is 2.16. The molecule has 126 valence electrons. The molecule has 2 aromatic rings. The summed E-state index contributed by atoms with van der Waals surface area (Å²) in [5, 5.41) is 0.552. The summed E-state index contributed by atoms with van der Waals surface area (Å²) >= 11 is 3.19. The molecule has 0 fully saturated rings. The van der Waals surface area contributed by atoms with Crippen molar-refractivity contribution in [2.45, 2.75) is 26.1 Å². The number of alkyl halides is 1. The molecule has 2 aromatic heterocycles. The first-order chi connectivity index (χ1) is 11.0. The third-order valence-corrected chi connectivity index (χ3v) is 3.14. The van der Waals surface area contributed by atoms with E-state index in [4.69, 9.17) is 9.47 Å². The minimum absolute atomic E-state index is 0.210.